The number of nitrogens with zero attached hydrogens (tertiary/aromatic N) is 3. The minimum Gasteiger partial charge on any atom is -0.368 e. The number of fused-ring (bicyclic) bond motifs is 1. The number of hydrogen-bond acceptors (Lipinski definition) is 4. The summed E-state index contributed by atoms with van der Waals surface area (Å²) in [5, 5.41) is 1.93. The molecule has 94 valence electrons. The van der Waals surface area contributed by atoms with Gasteiger partial charge in [0.25, 0.3) is 0 Å². The molecule has 2 N–H and O–H groups in total. The third-order valence-corrected chi connectivity index (χ3v) is 3.33. The van der Waals surface area contributed by atoms with Gasteiger partial charge in [0.2, 0.25) is 5.95 Å². The second-order valence-electron chi connectivity index (χ2n) is 3.96. The number of hydrogen-bond donors (Lipinski definition) is 1. The lowest BCUT2D eigenvalue weighted by Crippen LogP contribution is -1.96. The molecule has 0 aliphatic rings. The number of benzene rings is 1. The lowest BCUT2D eigenvalue weighted by Gasteiger charge is -2.07. The van der Waals surface area contributed by atoms with Gasteiger partial charge in [-0.1, -0.05) is 29.3 Å². The van der Waals surface area contributed by atoms with Crippen molar-refractivity contribution in [1.82, 2.24) is 15.0 Å². The van der Waals surface area contributed by atoms with Crippen LogP contribution in [0.2, 0.25) is 10.0 Å². The van der Waals surface area contributed by atoms with E-state index in [1.54, 1.807) is 30.6 Å². The molecule has 4 nitrogen and oxygen atoms in total. The highest BCUT2D eigenvalue weighted by Gasteiger charge is 2.10. The zero-order chi connectivity index (χ0) is 13.4. The van der Waals surface area contributed by atoms with E-state index < -0.39 is 0 Å². The van der Waals surface area contributed by atoms with Crippen molar-refractivity contribution in [2.75, 3.05) is 5.73 Å². The van der Waals surface area contributed by atoms with Gasteiger partial charge in [0.05, 0.1) is 0 Å². The number of halogens is 2. The highest BCUT2D eigenvalue weighted by atomic mass is 35.5. The lowest BCUT2D eigenvalue weighted by molar-refractivity contribution is 1.20. The zero-order valence-corrected chi connectivity index (χ0v) is 11.2. The maximum Gasteiger partial charge on any atom is 0.222 e. The Morgan fingerprint density at radius 2 is 1.74 bits per heavy atom. The Bertz CT molecular complexity index is 753. The summed E-state index contributed by atoms with van der Waals surface area (Å²) in [5.41, 5.74) is 7.62. The molecule has 0 aliphatic carbocycles. The van der Waals surface area contributed by atoms with Crippen molar-refractivity contribution in [3.63, 3.8) is 0 Å². The van der Waals surface area contributed by atoms with Crippen LogP contribution in [-0.2, 0) is 0 Å². The Balaban J connectivity index is 2.24. The molecule has 0 spiro atoms. The fraction of sp³-hybridized carbons (Fsp3) is 0. The molecule has 2 aromatic heterocycles. The average Bonchev–Trinajstić information content (AvgIpc) is 2.38. The van der Waals surface area contributed by atoms with Gasteiger partial charge in [-0.15, -0.1) is 0 Å². The monoisotopic (exact) mass is 290 g/mol. The van der Waals surface area contributed by atoms with Crippen LogP contribution in [0.15, 0.2) is 36.7 Å². The summed E-state index contributed by atoms with van der Waals surface area (Å²) >= 11 is 12.4. The number of pyridine rings is 1. The minimum atomic E-state index is 0.198. The van der Waals surface area contributed by atoms with E-state index in [0.29, 0.717) is 15.7 Å². The van der Waals surface area contributed by atoms with Gasteiger partial charge in [0.1, 0.15) is 0 Å². The van der Waals surface area contributed by atoms with E-state index in [-0.39, 0.29) is 5.95 Å². The first-order chi connectivity index (χ1) is 9.15. The third kappa shape index (κ3) is 2.20. The standard InChI is InChI=1S/C13H8Cl2N4/c14-9-2-1-3-10(15)11(9)7-4-8-6-18-13(16)19-12(8)17-5-7/h1-6H,(H2,16,17,18,19). The Labute approximate surface area is 119 Å². The largest absolute Gasteiger partial charge is 0.368 e. The van der Waals surface area contributed by atoms with Gasteiger partial charge in [0.15, 0.2) is 5.65 Å². The summed E-state index contributed by atoms with van der Waals surface area (Å²) in [6.45, 7) is 0. The van der Waals surface area contributed by atoms with Crippen LogP contribution in [0.25, 0.3) is 22.2 Å². The quantitative estimate of drug-likeness (QED) is 0.744. The van der Waals surface area contributed by atoms with Crippen LogP contribution in [0.5, 0.6) is 0 Å². The Kier molecular flexibility index (Phi) is 2.97. The van der Waals surface area contributed by atoms with Crippen LogP contribution in [0, 0.1) is 0 Å². The van der Waals surface area contributed by atoms with Gasteiger partial charge in [-0.05, 0) is 18.2 Å². The molecule has 0 bridgehead atoms. The molecule has 19 heavy (non-hydrogen) atoms. The van der Waals surface area contributed by atoms with Crippen LogP contribution in [0.1, 0.15) is 0 Å². The van der Waals surface area contributed by atoms with Crippen LogP contribution in [-0.4, -0.2) is 15.0 Å². The smallest absolute Gasteiger partial charge is 0.222 e. The molecule has 0 radical (unpaired) electrons. The van der Waals surface area contributed by atoms with E-state index >= 15 is 0 Å². The minimum absolute atomic E-state index is 0.198. The van der Waals surface area contributed by atoms with Crippen LogP contribution in [0.3, 0.4) is 0 Å². The summed E-state index contributed by atoms with van der Waals surface area (Å²) in [6, 6.07) is 7.25. The second kappa shape index (κ2) is 4.64. The van der Waals surface area contributed by atoms with Crippen LogP contribution < -0.4 is 5.73 Å². The Morgan fingerprint density at radius 1 is 1.00 bits per heavy atom. The second-order valence-corrected chi connectivity index (χ2v) is 4.78. The summed E-state index contributed by atoms with van der Waals surface area (Å²) in [7, 11) is 0. The Hall–Kier alpha value is -1.91. The fourth-order valence-electron chi connectivity index (χ4n) is 1.85. The van der Waals surface area contributed by atoms with E-state index in [4.69, 9.17) is 28.9 Å². The summed E-state index contributed by atoms with van der Waals surface area (Å²) in [5.74, 6) is 0.198. The molecule has 3 rings (SSSR count). The molecule has 6 heteroatoms. The van der Waals surface area contributed by atoms with E-state index in [2.05, 4.69) is 15.0 Å². The van der Waals surface area contributed by atoms with Crippen molar-refractivity contribution in [2.45, 2.75) is 0 Å². The molecular weight excluding hydrogens is 283 g/mol. The number of nitrogen functional groups attached to an aromatic ring is 1. The molecule has 0 atom stereocenters. The highest BCUT2D eigenvalue weighted by Crippen LogP contribution is 2.34. The normalized spacial score (nSPS) is 10.8. The first-order valence-corrected chi connectivity index (χ1v) is 6.23. The maximum atomic E-state index is 6.18. The van der Waals surface area contributed by atoms with Crippen molar-refractivity contribution in [3.05, 3.63) is 46.7 Å². The van der Waals surface area contributed by atoms with Gasteiger partial charge >= 0.3 is 0 Å². The predicted octanol–water partition coefficient (Wildman–Crippen LogP) is 3.58. The van der Waals surface area contributed by atoms with Crippen molar-refractivity contribution in [2.24, 2.45) is 0 Å². The predicted molar refractivity (Wildman–Crippen MR) is 77.2 cm³/mol. The molecule has 0 aliphatic heterocycles. The van der Waals surface area contributed by atoms with Crippen molar-refractivity contribution < 1.29 is 0 Å². The first-order valence-electron chi connectivity index (χ1n) is 5.48. The SMILES string of the molecule is Nc1ncc2cc(-c3c(Cl)cccc3Cl)cnc2n1. The maximum absolute atomic E-state index is 6.18. The number of aromatic nitrogens is 3. The van der Waals surface area contributed by atoms with E-state index in [1.807, 2.05) is 6.07 Å². The molecule has 2 heterocycles. The van der Waals surface area contributed by atoms with Crippen molar-refractivity contribution in [3.8, 4) is 11.1 Å². The molecule has 0 fully saturated rings. The van der Waals surface area contributed by atoms with Crippen molar-refractivity contribution >= 4 is 40.2 Å². The van der Waals surface area contributed by atoms with Gasteiger partial charge in [-0.2, -0.15) is 4.98 Å². The van der Waals surface area contributed by atoms with E-state index in [9.17, 15) is 0 Å². The number of nitrogens with two attached hydrogens (primary N) is 1. The number of rotatable bonds is 1. The van der Waals surface area contributed by atoms with Gasteiger partial charge in [-0.3, -0.25) is 0 Å². The first kappa shape index (κ1) is 12.1. The molecule has 0 saturated heterocycles. The van der Waals surface area contributed by atoms with Gasteiger partial charge in [0, 0.05) is 39.0 Å². The van der Waals surface area contributed by atoms with Gasteiger partial charge < -0.3 is 5.73 Å². The van der Waals surface area contributed by atoms with E-state index in [1.165, 1.54) is 0 Å². The van der Waals surface area contributed by atoms with Crippen LogP contribution >= 0.6 is 23.2 Å². The molecule has 0 amide bonds. The molecule has 0 saturated carbocycles. The van der Waals surface area contributed by atoms with Crippen molar-refractivity contribution in [1.29, 1.82) is 0 Å². The van der Waals surface area contributed by atoms with Gasteiger partial charge in [-0.25, -0.2) is 9.97 Å². The molecule has 0 unspecified atom stereocenters. The topological polar surface area (TPSA) is 64.7 Å². The number of anilines is 1. The molecule has 1 aromatic carbocycles. The Morgan fingerprint density at radius 3 is 2.47 bits per heavy atom. The highest BCUT2D eigenvalue weighted by molar-refractivity contribution is 6.39. The molecular formula is C13H8Cl2N4. The molecule has 3 aromatic rings. The van der Waals surface area contributed by atoms with E-state index in [0.717, 1.165) is 16.5 Å². The zero-order valence-electron chi connectivity index (χ0n) is 9.64. The van der Waals surface area contributed by atoms with Crippen LogP contribution in [0.4, 0.5) is 5.95 Å². The third-order valence-electron chi connectivity index (χ3n) is 2.70. The average molecular weight is 291 g/mol. The summed E-state index contributed by atoms with van der Waals surface area (Å²) in [4.78, 5) is 12.2. The summed E-state index contributed by atoms with van der Waals surface area (Å²) < 4.78 is 0. The lowest BCUT2D eigenvalue weighted by atomic mass is 10.1. The fourth-order valence-corrected chi connectivity index (χ4v) is 2.46. The summed E-state index contributed by atoms with van der Waals surface area (Å²) in [6.07, 6.45) is 3.29.